The first-order chi connectivity index (χ1) is 8.31. The number of alkyl halides is 1. The van der Waals surface area contributed by atoms with Gasteiger partial charge in [0.2, 0.25) is 0 Å². The molecule has 1 heterocycles. The molecule has 1 saturated heterocycles. The Kier molecular flexibility index (Phi) is 8.19. The minimum absolute atomic E-state index is 0.690. The summed E-state index contributed by atoms with van der Waals surface area (Å²) in [5, 5.41) is 0. The summed E-state index contributed by atoms with van der Waals surface area (Å²) >= 11 is 5.90. The zero-order valence-electron chi connectivity index (χ0n) is 11.3. The van der Waals surface area contributed by atoms with Crippen LogP contribution in [0.25, 0.3) is 0 Å². The largest absolute Gasteiger partial charge is 0.379 e. The molecule has 1 rings (SSSR count). The summed E-state index contributed by atoms with van der Waals surface area (Å²) in [5.74, 6) is 0.736. The van der Waals surface area contributed by atoms with Crippen molar-refractivity contribution >= 4 is 11.6 Å². The van der Waals surface area contributed by atoms with Crippen LogP contribution in [0.3, 0.4) is 0 Å². The highest BCUT2D eigenvalue weighted by atomic mass is 35.5. The third kappa shape index (κ3) is 5.56. The van der Waals surface area contributed by atoms with Gasteiger partial charge in [-0.25, -0.2) is 0 Å². The van der Waals surface area contributed by atoms with Crippen LogP contribution in [0.2, 0.25) is 0 Å². The molecular formula is C13H27ClN2O. The summed E-state index contributed by atoms with van der Waals surface area (Å²) in [6.07, 6.45) is 2.44. The van der Waals surface area contributed by atoms with Crippen molar-refractivity contribution in [1.29, 1.82) is 0 Å². The molecule has 3 nitrogen and oxygen atoms in total. The minimum Gasteiger partial charge on any atom is -0.379 e. The van der Waals surface area contributed by atoms with E-state index in [-0.39, 0.29) is 0 Å². The average Bonchev–Trinajstić information content (AvgIpc) is 2.38. The molecule has 1 aliphatic rings. The van der Waals surface area contributed by atoms with E-state index in [1.807, 2.05) is 0 Å². The molecule has 0 aromatic heterocycles. The molecule has 0 N–H and O–H groups in total. The first-order valence-electron chi connectivity index (χ1n) is 6.91. The number of hydrogen-bond acceptors (Lipinski definition) is 3. The molecule has 0 aliphatic carbocycles. The fourth-order valence-electron chi connectivity index (χ4n) is 2.49. The monoisotopic (exact) mass is 262 g/mol. The Balaban J connectivity index is 2.31. The number of rotatable bonds is 8. The molecule has 4 heteroatoms. The fraction of sp³-hybridized carbons (Fsp3) is 1.00. The maximum atomic E-state index is 5.90. The summed E-state index contributed by atoms with van der Waals surface area (Å²) in [5.41, 5.74) is 0. The smallest absolute Gasteiger partial charge is 0.0594 e. The number of morpholine rings is 1. The SMILES string of the molecule is CCC(CC)N(CCCl)CCN1CCOCC1. The molecule has 1 aliphatic heterocycles. The zero-order chi connectivity index (χ0) is 12.5. The lowest BCUT2D eigenvalue weighted by Gasteiger charge is -2.33. The standard InChI is InChI=1S/C13H27ClN2O/c1-3-13(4-2)16(6-5-14)8-7-15-9-11-17-12-10-15/h13H,3-12H2,1-2H3. The molecule has 0 amide bonds. The molecule has 0 bridgehead atoms. The van der Waals surface area contributed by atoms with Crippen LogP contribution in [0.15, 0.2) is 0 Å². The van der Waals surface area contributed by atoms with Crippen molar-refractivity contribution in [2.24, 2.45) is 0 Å². The summed E-state index contributed by atoms with van der Waals surface area (Å²) in [6, 6.07) is 0.690. The molecule has 0 radical (unpaired) electrons. The molecule has 0 saturated carbocycles. The minimum atomic E-state index is 0.690. The molecule has 1 fully saturated rings. The Morgan fingerprint density at radius 3 is 2.35 bits per heavy atom. The second-order valence-corrected chi connectivity index (χ2v) is 5.03. The summed E-state index contributed by atoms with van der Waals surface area (Å²) in [6.45, 7) is 11.8. The number of nitrogens with zero attached hydrogens (tertiary/aromatic N) is 2. The third-order valence-corrected chi connectivity index (χ3v) is 3.81. The van der Waals surface area contributed by atoms with E-state index < -0.39 is 0 Å². The molecule has 0 aromatic carbocycles. The van der Waals surface area contributed by atoms with Crippen LogP contribution in [0.1, 0.15) is 26.7 Å². The fourth-order valence-corrected chi connectivity index (χ4v) is 2.70. The van der Waals surface area contributed by atoms with Crippen molar-refractivity contribution in [3.63, 3.8) is 0 Å². The van der Waals surface area contributed by atoms with Gasteiger partial charge in [0.05, 0.1) is 13.2 Å². The highest BCUT2D eigenvalue weighted by Crippen LogP contribution is 2.09. The van der Waals surface area contributed by atoms with Crippen molar-refractivity contribution in [3.05, 3.63) is 0 Å². The molecular weight excluding hydrogens is 236 g/mol. The molecule has 17 heavy (non-hydrogen) atoms. The van der Waals surface area contributed by atoms with Gasteiger partial charge in [0.1, 0.15) is 0 Å². The number of hydrogen-bond donors (Lipinski definition) is 0. The van der Waals surface area contributed by atoms with Crippen molar-refractivity contribution in [1.82, 2.24) is 9.80 Å². The van der Waals surface area contributed by atoms with Crippen molar-refractivity contribution < 1.29 is 4.74 Å². The van der Waals surface area contributed by atoms with Crippen molar-refractivity contribution in [2.45, 2.75) is 32.7 Å². The second kappa shape index (κ2) is 9.15. The molecule has 0 unspecified atom stereocenters. The van der Waals surface area contributed by atoms with E-state index in [4.69, 9.17) is 16.3 Å². The molecule has 102 valence electrons. The Bertz CT molecular complexity index is 182. The van der Waals surface area contributed by atoms with E-state index in [0.717, 1.165) is 51.8 Å². The Labute approximate surface area is 111 Å². The third-order valence-electron chi connectivity index (χ3n) is 3.64. The number of ether oxygens (including phenoxy) is 1. The summed E-state index contributed by atoms with van der Waals surface area (Å²) < 4.78 is 5.37. The molecule has 0 spiro atoms. The number of halogens is 1. The van der Waals surface area contributed by atoms with Gasteiger partial charge in [0, 0.05) is 44.6 Å². The van der Waals surface area contributed by atoms with Gasteiger partial charge in [0.15, 0.2) is 0 Å². The molecule has 0 atom stereocenters. The lowest BCUT2D eigenvalue weighted by atomic mass is 10.1. The summed E-state index contributed by atoms with van der Waals surface area (Å²) in [4.78, 5) is 5.04. The van der Waals surface area contributed by atoms with Gasteiger partial charge in [-0.15, -0.1) is 11.6 Å². The van der Waals surface area contributed by atoms with Gasteiger partial charge in [-0.05, 0) is 12.8 Å². The Hall–Kier alpha value is 0.170. The van der Waals surface area contributed by atoms with E-state index in [2.05, 4.69) is 23.6 Å². The predicted octanol–water partition coefficient (Wildman–Crippen LogP) is 2.05. The van der Waals surface area contributed by atoms with Crippen LogP contribution in [0.5, 0.6) is 0 Å². The van der Waals surface area contributed by atoms with E-state index in [0.29, 0.717) is 6.04 Å². The summed E-state index contributed by atoms with van der Waals surface area (Å²) in [7, 11) is 0. The van der Waals surface area contributed by atoms with Gasteiger partial charge < -0.3 is 4.74 Å². The van der Waals surface area contributed by atoms with Crippen molar-refractivity contribution in [3.8, 4) is 0 Å². The van der Waals surface area contributed by atoms with Crippen LogP contribution >= 0.6 is 11.6 Å². The van der Waals surface area contributed by atoms with Crippen LogP contribution in [0, 0.1) is 0 Å². The molecule has 0 aromatic rings. The normalized spacial score (nSPS) is 18.2. The van der Waals surface area contributed by atoms with Crippen LogP contribution in [-0.2, 0) is 4.74 Å². The van der Waals surface area contributed by atoms with Crippen LogP contribution in [-0.4, -0.2) is 67.7 Å². The van der Waals surface area contributed by atoms with Gasteiger partial charge in [0.25, 0.3) is 0 Å². The van der Waals surface area contributed by atoms with E-state index in [1.54, 1.807) is 0 Å². The van der Waals surface area contributed by atoms with E-state index >= 15 is 0 Å². The maximum absolute atomic E-state index is 5.90. The van der Waals surface area contributed by atoms with Crippen LogP contribution in [0.4, 0.5) is 0 Å². The first-order valence-corrected chi connectivity index (χ1v) is 7.45. The van der Waals surface area contributed by atoms with E-state index in [1.165, 1.54) is 12.8 Å². The first kappa shape index (κ1) is 15.2. The quantitative estimate of drug-likeness (QED) is 0.623. The van der Waals surface area contributed by atoms with Gasteiger partial charge in [-0.2, -0.15) is 0 Å². The lowest BCUT2D eigenvalue weighted by Crippen LogP contribution is -2.44. The predicted molar refractivity (Wildman–Crippen MR) is 73.9 cm³/mol. The highest BCUT2D eigenvalue weighted by Gasteiger charge is 2.16. The highest BCUT2D eigenvalue weighted by molar-refractivity contribution is 6.18. The Morgan fingerprint density at radius 1 is 1.18 bits per heavy atom. The maximum Gasteiger partial charge on any atom is 0.0594 e. The lowest BCUT2D eigenvalue weighted by molar-refractivity contribution is 0.0309. The second-order valence-electron chi connectivity index (χ2n) is 4.65. The van der Waals surface area contributed by atoms with E-state index in [9.17, 15) is 0 Å². The van der Waals surface area contributed by atoms with Crippen molar-refractivity contribution in [2.75, 3.05) is 51.8 Å². The average molecular weight is 263 g/mol. The van der Waals surface area contributed by atoms with Gasteiger partial charge in [-0.3, -0.25) is 9.80 Å². The van der Waals surface area contributed by atoms with Gasteiger partial charge >= 0.3 is 0 Å². The van der Waals surface area contributed by atoms with Gasteiger partial charge in [-0.1, -0.05) is 13.8 Å². The zero-order valence-corrected chi connectivity index (χ0v) is 12.1. The Morgan fingerprint density at radius 2 is 1.82 bits per heavy atom. The topological polar surface area (TPSA) is 15.7 Å². The van der Waals surface area contributed by atoms with Crippen LogP contribution < -0.4 is 0 Å².